The van der Waals surface area contributed by atoms with E-state index >= 15 is 0 Å². The Morgan fingerprint density at radius 3 is 2.03 bits per heavy atom. The van der Waals surface area contributed by atoms with Gasteiger partial charge in [-0.2, -0.15) is 0 Å². The highest BCUT2D eigenvalue weighted by Crippen LogP contribution is 2.35. The van der Waals surface area contributed by atoms with E-state index in [4.69, 9.17) is 4.74 Å². The number of nitrogens with one attached hydrogen (secondary N) is 3. The van der Waals surface area contributed by atoms with Crippen LogP contribution in [-0.2, 0) is 32.1 Å². The summed E-state index contributed by atoms with van der Waals surface area (Å²) in [5.74, 6) is -3.41. The van der Waals surface area contributed by atoms with Gasteiger partial charge in [-0.25, -0.2) is 4.79 Å². The molecular weight excluding hydrogens is 486 g/mol. The van der Waals surface area contributed by atoms with Crippen LogP contribution in [0.4, 0.5) is 4.79 Å². The minimum Gasteiger partial charge on any atom is -0.481 e. The van der Waals surface area contributed by atoms with Crippen molar-refractivity contribution in [2.45, 2.75) is 71.2 Å². The van der Waals surface area contributed by atoms with Gasteiger partial charge in [-0.1, -0.05) is 86.8 Å². The number of carbonyl (C=O) groups excluding carboxylic acids is 3. The van der Waals surface area contributed by atoms with Gasteiger partial charge in [0, 0.05) is 5.41 Å². The molecule has 3 amide bonds. The third kappa shape index (κ3) is 8.33. The van der Waals surface area contributed by atoms with Gasteiger partial charge in [0.05, 0.1) is 12.1 Å². The quantitative estimate of drug-likeness (QED) is 0.331. The third-order valence-electron chi connectivity index (χ3n) is 7.00. The second-order valence-corrected chi connectivity index (χ2v) is 10.1. The Morgan fingerprint density at radius 2 is 1.45 bits per heavy atom. The number of carbonyl (C=O) groups is 4. The lowest BCUT2D eigenvalue weighted by Gasteiger charge is -2.33. The highest BCUT2D eigenvalue weighted by Gasteiger charge is 2.38. The maximum Gasteiger partial charge on any atom is 0.408 e. The summed E-state index contributed by atoms with van der Waals surface area (Å²) in [7, 11) is 0. The Balaban J connectivity index is 1.71. The molecular formula is C29H37N3O6. The highest BCUT2D eigenvalue weighted by atomic mass is 16.5. The average molecular weight is 524 g/mol. The first-order chi connectivity index (χ1) is 18.2. The number of benzene rings is 2. The minimum atomic E-state index is -1.44. The highest BCUT2D eigenvalue weighted by molar-refractivity contribution is 5.91. The van der Waals surface area contributed by atoms with Gasteiger partial charge in [0.1, 0.15) is 12.6 Å². The van der Waals surface area contributed by atoms with Crippen LogP contribution in [-0.4, -0.2) is 41.2 Å². The van der Waals surface area contributed by atoms with E-state index in [0.717, 1.165) is 37.7 Å². The number of carboxylic acid groups (broad SMARTS) is 1. The molecule has 1 unspecified atom stereocenters. The topological polar surface area (TPSA) is 134 Å². The van der Waals surface area contributed by atoms with Crippen LogP contribution in [0.1, 0.15) is 57.1 Å². The number of ether oxygens (including phenoxy) is 1. The molecule has 0 saturated heterocycles. The van der Waals surface area contributed by atoms with E-state index in [-0.39, 0.29) is 18.9 Å². The average Bonchev–Trinajstić information content (AvgIpc) is 2.90. The summed E-state index contributed by atoms with van der Waals surface area (Å²) >= 11 is 0. The van der Waals surface area contributed by atoms with Crippen molar-refractivity contribution in [2.24, 2.45) is 11.3 Å². The molecule has 0 spiro atoms. The van der Waals surface area contributed by atoms with Gasteiger partial charge >= 0.3 is 12.1 Å². The number of alkyl carbamates (subject to hydrolysis) is 1. The van der Waals surface area contributed by atoms with Gasteiger partial charge in [-0.15, -0.1) is 0 Å². The van der Waals surface area contributed by atoms with E-state index in [1.807, 2.05) is 13.0 Å². The molecule has 4 N–H and O–H groups in total. The number of carboxylic acids is 1. The van der Waals surface area contributed by atoms with Gasteiger partial charge < -0.3 is 25.8 Å². The Hall–Kier alpha value is -3.88. The lowest BCUT2D eigenvalue weighted by atomic mass is 9.75. The zero-order chi connectivity index (χ0) is 27.5. The number of hydrogen-bond acceptors (Lipinski definition) is 5. The molecule has 204 valence electrons. The summed E-state index contributed by atoms with van der Waals surface area (Å²) in [4.78, 5) is 51.2. The molecule has 2 aromatic rings. The predicted molar refractivity (Wildman–Crippen MR) is 142 cm³/mol. The molecule has 38 heavy (non-hydrogen) atoms. The van der Waals surface area contributed by atoms with E-state index in [2.05, 4.69) is 16.0 Å². The predicted octanol–water partition coefficient (Wildman–Crippen LogP) is 3.77. The van der Waals surface area contributed by atoms with Gasteiger partial charge in [-0.3, -0.25) is 14.4 Å². The fourth-order valence-electron chi connectivity index (χ4n) is 4.73. The van der Waals surface area contributed by atoms with Crippen molar-refractivity contribution in [1.82, 2.24) is 16.0 Å². The van der Waals surface area contributed by atoms with E-state index in [1.54, 1.807) is 61.5 Å². The second kappa shape index (κ2) is 13.6. The summed E-state index contributed by atoms with van der Waals surface area (Å²) in [5.41, 5.74) is 0.937. The molecule has 9 heteroatoms. The van der Waals surface area contributed by atoms with Crippen LogP contribution >= 0.6 is 0 Å². The van der Waals surface area contributed by atoms with Crippen LogP contribution in [0.2, 0.25) is 0 Å². The van der Waals surface area contributed by atoms with E-state index in [9.17, 15) is 24.3 Å². The number of rotatable bonds is 11. The molecule has 1 aliphatic carbocycles. The van der Waals surface area contributed by atoms with E-state index < -0.39 is 41.5 Å². The Labute approximate surface area is 223 Å². The van der Waals surface area contributed by atoms with Crippen LogP contribution < -0.4 is 16.0 Å². The van der Waals surface area contributed by atoms with E-state index in [0.29, 0.717) is 5.56 Å². The molecule has 2 aromatic carbocycles. The SMILES string of the molecule is C[C@@H](NC(=O)[C@@H](NC(=O)OCc1ccccc1)C(Cc1ccccc1)C(=O)O)NC(=O)C1(C)CCCCC1. The zero-order valence-corrected chi connectivity index (χ0v) is 21.9. The summed E-state index contributed by atoms with van der Waals surface area (Å²) in [6, 6.07) is 16.4. The summed E-state index contributed by atoms with van der Waals surface area (Å²) in [5, 5.41) is 18.0. The molecule has 3 atom stereocenters. The lowest BCUT2D eigenvalue weighted by Crippen LogP contribution is -2.58. The van der Waals surface area contributed by atoms with Crippen LogP contribution in [0.25, 0.3) is 0 Å². The normalized spacial score (nSPS) is 16.8. The minimum absolute atomic E-state index is 0.00599. The Kier molecular flexibility index (Phi) is 10.3. The van der Waals surface area contributed by atoms with Crippen molar-refractivity contribution in [3.05, 3.63) is 71.8 Å². The molecule has 1 fully saturated rings. The Morgan fingerprint density at radius 1 is 0.868 bits per heavy atom. The molecule has 0 bridgehead atoms. The second-order valence-electron chi connectivity index (χ2n) is 10.1. The number of aliphatic carboxylic acids is 1. The van der Waals surface area contributed by atoms with Gasteiger partial charge in [0.2, 0.25) is 11.8 Å². The van der Waals surface area contributed by atoms with Crippen molar-refractivity contribution < 1.29 is 29.0 Å². The standard InChI is InChI=1S/C29H37N3O6/c1-20(31-27(36)29(2)16-10-5-11-17-29)30-25(33)24(23(26(34)35)18-21-12-6-3-7-13-21)32-28(37)38-19-22-14-8-4-9-15-22/h3-4,6-9,12-15,20,23-24H,5,10-11,16-19H2,1-2H3,(H,30,33)(H,31,36)(H,32,37)(H,34,35)/t20-,23?,24-/m0/s1. The number of amides is 3. The molecule has 1 aliphatic rings. The van der Waals surface area contributed by atoms with Gasteiger partial charge in [-0.05, 0) is 37.3 Å². The lowest BCUT2D eigenvalue weighted by molar-refractivity contribution is -0.145. The van der Waals surface area contributed by atoms with Gasteiger partial charge in [0.25, 0.3) is 0 Å². The fourth-order valence-corrected chi connectivity index (χ4v) is 4.73. The van der Waals surface area contributed by atoms with Crippen LogP contribution in [0, 0.1) is 11.3 Å². The molecule has 1 saturated carbocycles. The number of hydrogen-bond donors (Lipinski definition) is 4. The summed E-state index contributed by atoms with van der Waals surface area (Å²) in [6.45, 7) is 3.49. The first-order valence-corrected chi connectivity index (χ1v) is 13.0. The fraction of sp³-hybridized carbons (Fsp3) is 0.448. The van der Waals surface area contributed by atoms with Crippen molar-refractivity contribution in [1.29, 1.82) is 0 Å². The summed E-state index contributed by atoms with van der Waals surface area (Å²) in [6.07, 6.45) is 2.91. The maximum atomic E-state index is 13.3. The molecule has 3 rings (SSSR count). The molecule has 0 aliphatic heterocycles. The molecule has 0 heterocycles. The van der Waals surface area contributed by atoms with Crippen molar-refractivity contribution in [2.75, 3.05) is 0 Å². The molecule has 9 nitrogen and oxygen atoms in total. The first kappa shape index (κ1) is 28.7. The third-order valence-corrected chi connectivity index (χ3v) is 7.00. The van der Waals surface area contributed by atoms with Crippen LogP contribution in [0.3, 0.4) is 0 Å². The molecule has 0 radical (unpaired) electrons. The summed E-state index contributed by atoms with van der Waals surface area (Å²) < 4.78 is 5.26. The van der Waals surface area contributed by atoms with Crippen molar-refractivity contribution in [3.8, 4) is 0 Å². The van der Waals surface area contributed by atoms with Crippen molar-refractivity contribution >= 4 is 23.9 Å². The van der Waals surface area contributed by atoms with Crippen molar-refractivity contribution in [3.63, 3.8) is 0 Å². The smallest absolute Gasteiger partial charge is 0.408 e. The molecule has 0 aromatic heterocycles. The first-order valence-electron chi connectivity index (χ1n) is 13.0. The van der Waals surface area contributed by atoms with Crippen LogP contribution in [0.15, 0.2) is 60.7 Å². The maximum absolute atomic E-state index is 13.3. The Bertz CT molecular complexity index is 1090. The largest absolute Gasteiger partial charge is 0.481 e. The van der Waals surface area contributed by atoms with Gasteiger partial charge in [0.15, 0.2) is 0 Å². The monoisotopic (exact) mass is 523 g/mol. The van der Waals surface area contributed by atoms with Crippen LogP contribution in [0.5, 0.6) is 0 Å². The van der Waals surface area contributed by atoms with E-state index in [1.165, 1.54) is 0 Å². The zero-order valence-electron chi connectivity index (χ0n) is 21.9.